The number of nitrogens with one attached hydrogen (secondary N) is 2. The van der Waals surface area contributed by atoms with Crippen LogP contribution in [-0.4, -0.2) is 27.5 Å². The topological polar surface area (TPSA) is 119 Å². The van der Waals surface area contributed by atoms with Gasteiger partial charge in [0.1, 0.15) is 5.92 Å². The number of fused-ring (bicyclic) bond motifs is 1. The van der Waals surface area contributed by atoms with Crippen LogP contribution in [0.4, 0.5) is 0 Å². The summed E-state index contributed by atoms with van der Waals surface area (Å²) in [6.07, 6.45) is 2.81. The van der Waals surface area contributed by atoms with Gasteiger partial charge in [-0.3, -0.25) is 9.59 Å². The second-order valence-electron chi connectivity index (χ2n) is 4.32. The van der Waals surface area contributed by atoms with Crippen LogP contribution in [0, 0.1) is 22.2 Å². The van der Waals surface area contributed by atoms with E-state index < -0.39 is 22.6 Å². The first-order chi connectivity index (χ1) is 8.92. The van der Waals surface area contributed by atoms with Crippen molar-refractivity contribution in [3.8, 4) is 6.07 Å². The van der Waals surface area contributed by atoms with E-state index in [-0.39, 0.29) is 10.3 Å². The molecule has 0 saturated carbocycles. The molecule has 0 radical (unpaired) electrons. The van der Waals surface area contributed by atoms with Gasteiger partial charge in [0, 0.05) is 13.0 Å². The SMILES string of the molecule is CO[N+](=O)C1(C)C=c2[nH]c(=O)c(=O)[nH]c2=CC1C#N. The lowest BCUT2D eigenvalue weighted by Crippen LogP contribution is -2.54. The summed E-state index contributed by atoms with van der Waals surface area (Å²) in [6, 6.07) is 1.96. The van der Waals surface area contributed by atoms with Crippen molar-refractivity contribution in [2.24, 2.45) is 5.92 Å². The Bertz CT molecular complexity index is 813. The lowest BCUT2D eigenvalue weighted by Gasteiger charge is -2.19. The van der Waals surface area contributed by atoms with Gasteiger partial charge in [-0.2, -0.15) is 5.26 Å². The van der Waals surface area contributed by atoms with Crippen molar-refractivity contribution in [2.45, 2.75) is 12.5 Å². The fourth-order valence-corrected chi connectivity index (χ4v) is 1.99. The zero-order chi connectivity index (χ0) is 14.2. The summed E-state index contributed by atoms with van der Waals surface area (Å²) in [4.78, 5) is 43.8. The second kappa shape index (κ2) is 4.20. The number of aromatic nitrogens is 2. The summed E-state index contributed by atoms with van der Waals surface area (Å²) >= 11 is 0. The Balaban J connectivity index is 2.83. The first kappa shape index (κ1) is 12.8. The molecule has 2 atom stereocenters. The smallest absolute Gasteiger partial charge is 0.314 e. The number of hydrogen-bond acceptors (Lipinski definition) is 5. The fourth-order valence-electron chi connectivity index (χ4n) is 1.99. The van der Waals surface area contributed by atoms with Crippen molar-refractivity contribution >= 4 is 12.2 Å². The molecule has 1 heterocycles. The first-order valence-corrected chi connectivity index (χ1v) is 5.41. The molecule has 1 aromatic rings. The molecular formula is C11H11N4O4+. The highest BCUT2D eigenvalue weighted by atomic mass is 16.8. The minimum absolute atomic E-state index is 0.275. The molecule has 0 saturated heterocycles. The Morgan fingerprint density at radius 2 is 1.95 bits per heavy atom. The molecule has 2 unspecified atom stereocenters. The summed E-state index contributed by atoms with van der Waals surface area (Å²) < 4.78 is 0. The van der Waals surface area contributed by atoms with Gasteiger partial charge in [-0.05, 0) is 6.08 Å². The van der Waals surface area contributed by atoms with Gasteiger partial charge >= 0.3 is 16.7 Å². The Hall–Kier alpha value is -2.69. The van der Waals surface area contributed by atoms with Crippen LogP contribution < -0.4 is 21.8 Å². The lowest BCUT2D eigenvalue weighted by molar-refractivity contribution is -0.835. The molecule has 19 heavy (non-hydrogen) atoms. The summed E-state index contributed by atoms with van der Waals surface area (Å²) in [7, 11) is 1.19. The van der Waals surface area contributed by atoms with Gasteiger partial charge in [-0.1, -0.05) is 0 Å². The maximum absolute atomic E-state index is 11.7. The van der Waals surface area contributed by atoms with Crippen molar-refractivity contribution in [2.75, 3.05) is 7.11 Å². The van der Waals surface area contributed by atoms with Gasteiger partial charge in [0.25, 0.3) is 0 Å². The number of aromatic amines is 2. The molecule has 0 fully saturated rings. The van der Waals surface area contributed by atoms with Crippen molar-refractivity contribution in [3.05, 3.63) is 36.3 Å². The van der Waals surface area contributed by atoms with Crippen LogP contribution in [0.1, 0.15) is 6.92 Å². The van der Waals surface area contributed by atoms with Gasteiger partial charge in [0.05, 0.1) is 21.7 Å². The third-order valence-corrected chi connectivity index (χ3v) is 3.09. The molecular weight excluding hydrogens is 252 g/mol. The molecule has 1 aromatic heterocycles. The molecule has 1 aliphatic rings. The predicted molar refractivity (Wildman–Crippen MR) is 64.0 cm³/mol. The van der Waals surface area contributed by atoms with E-state index in [1.165, 1.54) is 26.2 Å². The maximum atomic E-state index is 11.7. The minimum Gasteiger partial charge on any atom is -0.316 e. The van der Waals surface area contributed by atoms with Gasteiger partial charge in [0.2, 0.25) is 4.92 Å². The quantitative estimate of drug-likeness (QED) is 0.467. The Morgan fingerprint density at radius 1 is 1.37 bits per heavy atom. The minimum atomic E-state index is -1.29. The van der Waals surface area contributed by atoms with Crippen LogP contribution in [0.5, 0.6) is 0 Å². The molecule has 98 valence electrons. The molecule has 2 rings (SSSR count). The van der Waals surface area contributed by atoms with Crippen LogP contribution in [0.3, 0.4) is 0 Å². The number of rotatable bonds is 2. The molecule has 8 heteroatoms. The number of H-pyrrole nitrogens is 2. The van der Waals surface area contributed by atoms with E-state index in [4.69, 9.17) is 5.26 Å². The molecule has 0 spiro atoms. The van der Waals surface area contributed by atoms with Crippen LogP contribution >= 0.6 is 0 Å². The molecule has 0 amide bonds. The van der Waals surface area contributed by atoms with E-state index in [2.05, 4.69) is 14.8 Å². The Kier molecular flexibility index (Phi) is 2.82. The van der Waals surface area contributed by atoms with Gasteiger partial charge in [-0.15, -0.1) is 0 Å². The van der Waals surface area contributed by atoms with E-state index in [1.54, 1.807) is 0 Å². The third-order valence-electron chi connectivity index (χ3n) is 3.09. The zero-order valence-electron chi connectivity index (χ0n) is 10.3. The van der Waals surface area contributed by atoms with E-state index in [0.29, 0.717) is 5.35 Å². The molecule has 1 aliphatic carbocycles. The highest BCUT2D eigenvalue weighted by Gasteiger charge is 2.50. The summed E-state index contributed by atoms with van der Waals surface area (Å²) in [5, 5.41) is 9.71. The summed E-state index contributed by atoms with van der Waals surface area (Å²) in [5.41, 5.74) is -2.93. The second-order valence-corrected chi connectivity index (χ2v) is 4.32. The number of nitriles is 1. The molecule has 0 aliphatic heterocycles. The molecule has 8 nitrogen and oxygen atoms in total. The Morgan fingerprint density at radius 3 is 2.47 bits per heavy atom. The van der Waals surface area contributed by atoms with Crippen LogP contribution in [0.15, 0.2) is 9.59 Å². The van der Waals surface area contributed by atoms with E-state index >= 15 is 0 Å². The number of nitrogens with zero attached hydrogens (tertiary/aromatic N) is 2. The molecule has 2 N–H and O–H groups in total. The third kappa shape index (κ3) is 1.85. The van der Waals surface area contributed by atoms with Gasteiger partial charge < -0.3 is 9.97 Å². The highest BCUT2D eigenvalue weighted by molar-refractivity contribution is 5.48. The van der Waals surface area contributed by atoms with Crippen molar-refractivity contribution in [1.82, 2.24) is 9.97 Å². The lowest BCUT2D eigenvalue weighted by atomic mass is 9.84. The van der Waals surface area contributed by atoms with Crippen molar-refractivity contribution in [1.29, 1.82) is 5.26 Å². The van der Waals surface area contributed by atoms with Crippen LogP contribution in [-0.2, 0) is 4.84 Å². The Labute approximate surface area is 106 Å². The fraction of sp³-hybridized carbons (Fsp3) is 0.364. The molecule has 0 aromatic carbocycles. The number of hydrogen-bond donors (Lipinski definition) is 2. The first-order valence-electron chi connectivity index (χ1n) is 5.41. The largest absolute Gasteiger partial charge is 0.316 e. The van der Waals surface area contributed by atoms with Crippen molar-refractivity contribution < 1.29 is 9.76 Å². The predicted octanol–water partition coefficient (Wildman–Crippen LogP) is -2.12. The summed E-state index contributed by atoms with van der Waals surface area (Å²) in [5.74, 6) is -0.834. The van der Waals surface area contributed by atoms with Crippen LogP contribution in [0.2, 0.25) is 0 Å². The van der Waals surface area contributed by atoms with E-state index in [9.17, 15) is 14.5 Å². The van der Waals surface area contributed by atoms with E-state index in [0.717, 1.165) is 0 Å². The van der Waals surface area contributed by atoms with Gasteiger partial charge in [-0.25, -0.2) is 4.84 Å². The molecule has 0 bridgehead atoms. The van der Waals surface area contributed by atoms with Crippen molar-refractivity contribution in [3.63, 3.8) is 0 Å². The normalized spacial score (nSPS) is 24.4. The van der Waals surface area contributed by atoms with E-state index in [1.807, 2.05) is 6.07 Å². The van der Waals surface area contributed by atoms with Gasteiger partial charge in [0.15, 0.2) is 7.11 Å². The standard InChI is InChI=1S/C11H10N4O4/c1-11(15(18)19-2)4-8-7(3-6(11)5-12)13-9(16)10(17)14-8/h3-4,6H,1-2H3,(H-,13,14,16,17)/p+1. The summed E-state index contributed by atoms with van der Waals surface area (Å²) in [6.45, 7) is 1.50. The average Bonchev–Trinajstić information content (AvgIpc) is 2.39. The highest BCUT2D eigenvalue weighted by Crippen LogP contribution is 2.25. The zero-order valence-corrected chi connectivity index (χ0v) is 10.3. The monoisotopic (exact) mass is 263 g/mol. The average molecular weight is 263 g/mol. The maximum Gasteiger partial charge on any atom is 0.314 e. The van der Waals surface area contributed by atoms with Crippen LogP contribution in [0.25, 0.3) is 12.2 Å².